The van der Waals surface area contributed by atoms with E-state index >= 15 is 0 Å². The van der Waals surface area contributed by atoms with Crippen LogP contribution in [0.5, 0.6) is 0 Å². The summed E-state index contributed by atoms with van der Waals surface area (Å²) in [5.41, 5.74) is 5.73. The summed E-state index contributed by atoms with van der Waals surface area (Å²) in [6.07, 6.45) is 0.813. The normalized spacial score (nSPS) is 21.5. The molecule has 18 heteroatoms. The molecule has 3 aromatic rings. The number of fused-ring (bicyclic) bond motifs is 1. The van der Waals surface area contributed by atoms with Crippen LogP contribution in [0.2, 0.25) is 36.3 Å². The van der Waals surface area contributed by atoms with E-state index in [1.54, 1.807) is 9.29 Å². The van der Waals surface area contributed by atoms with Gasteiger partial charge in [-0.3, -0.25) is 18.3 Å². The summed E-state index contributed by atoms with van der Waals surface area (Å²) in [5.74, 6) is -0.945. The van der Waals surface area contributed by atoms with E-state index in [0.29, 0.717) is 11.2 Å². The molecule has 0 unspecified atom stereocenters. The Kier molecular flexibility index (Phi) is 9.78. The fourth-order valence-electron chi connectivity index (χ4n) is 4.38. The highest BCUT2D eigenvalue weighted by Crippen LogP contribution is 2.46. The van der Waals surface area contributed by atoms with Gasteiger partial charge in [0.2, 0.25) is 0 Å². The number of nitrogens with two attached hydrogens (primary N) is 1. The number of rotatable bonds is 10. The van der Waals surface area contributed by atoms with Gasteiger partial charge in [0, 0.05) is 6.20 Å². The first-order valence-electron chi connectivity index (χ1n) is 14.9. The molecule has 46 heavy (non-hydrogen) atoms. The number of ether oxygens (including phenoxy) is 1. The Hall–Kier alpha value is -3.01. The number of anilines is 1. The Labute approximate surface area is 271 Å². The van der Waals surface area contributed by atoms with Crippen molar-refractivity contribution in [2.45, 2.75) is 102 Å². The maximum absolute atomic E-state index is 13.0. The number of hydrogen-bond donors (Lipinski definition) is 3. The average Bonchev–Trinajstić information content (AvgIpc) is 3.48. The Morgan fingerprint density at radius 2 is 1.65 bits per heavy atom. The van der Waals surface area contributed by atoms with Crippen molar-refractivity contribution in [3.63, 3.8) is 0 Å². The van der Waals surface area contributed by atoms with Gasteiger partial charge in [-0.2, -0.15) is 8.42 Å². The fourth-order valence-corrected chi connectivity index (χ4v) is 7.69. The molecular weight excluding hydrogens is 651 g/mol. The second-order valence-electron chi connectivity index (χ2n) is 14.4. The van der Waals surface area contributed by atoms with E-state index in [1.807, 2.05) is 0 Å². The van der Waals surface area contributed by atoms with Gasteiger partial charge < -0.3 is 24.3 Å². The summed E-state index contributed by atoms with van der Waals surface area (Å²) < 4.78 is 55.3. The molecule has 4 atom stereocenters. The first-order valence-corrected chi connectivity index (χ1v) is 22.1. The second-order valence-corrected chi connectivity index (χ2v) is 25.3. The lowest BCUT2D eigenvalue weighted by molar-refractivity contribution is -0.0447. The summed E-state index contributed by atoms with van der Waals surface area (Å²) in [4.78, 5) is 39.8. The molecule has 0 radical (unpaired) electrons. The molecule has 1 saturated heterocycles. The zero-order chi connectivity index (χ0) is 34.5. The van der Waals surface area contributed by atoms with E-state index < -0.39 is 69.6 Å². The molecule has 15 nitrogen and oxygen atoms in total. The van der Waals surface area contributed by atoms with Gasteiger partial charge in [0.15, 0.2) is 34.3 Å². The predicted molar refractivity (Wildman–Crippen MR) is 177 cm³/mol. The summed E-state index contributed by atoms with van der Waals surface area (Å²) in [6.45, 7) is 20.5. The maximum atomic E-state index is 13.0. The van der Waals surface area contributed by atoms with Gasteiger partial charge in [-0.15, -0.1) is 0 Å². The van der Waals surface area contributed by atoms with Crippen LogP contribution in [0, 0.1) is 0 Å². The quantitative estimate of drug-likeness (QED) is 0.261. The molecule has 254 valence electrons. The third-order valence-electron chi connectivity index (χ3n) is 9.09. The number of amides is 1. The van der Waals surface area contributed by atoms with E-state index in [4.69, 9.17) is 23.5 Å². The highest BCUT2D eigenvalue weighted by atomic mass is 32.2. The van der Waals surface area contributed by atoms with Crippen LogP contribution in [-0.4, -0.2) is 80.4 Å². The number of H-pyrrole nitrogens is 1. The molecule has 4 N–H and O–H groups in total. The lowest BCUT2D eigenvalue weighted by atomic mass is 10.1. The molecule has 1 amide bonds. The van der Waals surface area contributed by atoms with Crippen LogP contribution in [0.15, 0.2) is 35.8 Å². The number of imidazole rings is 1. The number of aromatic amines is 1. The second kappa shape index (κ2) is 12.5. The van der Waals surface area contributed by atoms with Gasteiger partial charge in [-0.1, -0.05) is 41.5 Å². The minimum atomic E-state index is -4.68. The van der Waals surface area contributed by atoms with Crippen molar-refractivity contribution in [1.82, 2.24) is 29.2 Å². The van der Waals surface area contributed by atoms with Crippen LogP contribution in [0.3, 0.4) is 0 Å². The monoisotopic (exact) mass is 695 g/mol. The molecular formula is C28H45N7O8SSi2. The lowest BCUT2D eigenvalue weighted by Gasteiger charge is -2.44. The van der Waals surface area contributed by atoms with Crippen molar-refractivity contribution in [2.24, 2.45) is 0 Å². The van der Waals surface area contributed by atoms with E-state index in [9.17, 15) is 18.0 Å². The van der Waals surface area contributed by atoms with E-state index in [-0.39, 0.29) is 21.5 Å². The molecule has 0 aliphatic carbocycles. The lowest BCUT2D eigenvalue weighted by Crippen LogP contribution is -2.54. The van der Waals surface area contributed by atoms with Crippen LogP contribution in [0.25, 0.3) is 11.2 Å². The van der Waals surface area contributed by atoms with Gasteiger partial charge in [0.25, 0.3) is 11.5 Å². The molecule has 0 bridgehead atoms. The molecule has 3 aromatic heterocycles. The van der Waals surface area contributed by atoms with Crippen LogP contribution in [0.1, 0.15) is 58.1 Å². The topological polar surface area (TPSA) is 203 Å². The van der Waals surface area contributed by atoms with Crippen molar-refractivity contribution in [3.05, 3.63) is 46.9 Å². The first kappa shape index (κ1) is 35.8. The molecule has 0 saturated carbocycles. The molecule has 4 heterocycles. The Bertz CT molecular complexity index is 1750. The van der Waals surface area contributed by atoms with E-state index in [2.05, 4.69) is 87.7 Å². The van der Waals surface area contributed by atoms with Gasteiger partial charge in [0.05, 0.1) is 12.9 Å². The largest absolute Gasteiger partial charge is 0.408 e. The average molecular weight is 696 g/mol. The number of nitrogens with one attached hydrogen (secondary N) is 2. The molecule has 1 fully saturated rings. The SMILES string of the molecule is CC(C)(C)[Si](C)(C)O[C@@H]1[C@H](O[Si](C)(C)C(C)(C)C)[C@@H](COS(=O)(=O)NC(=O)c2ccc[nH]c2=O)O[C@H]1n1cnc2c(N)ncnc21. The molecule has 1 aliphatic heterocycles. The van der Waals surface area contributed by atoms with Gasteiger partial charge in [-0.05, 0) is 48.4 Å². The summed E-state index contributed by atoms with van der Waals surface area (Å²) in [5, 5.41) is -0.412. The predicted octanol–water partition coefficient (Wildman–Crippen LogP) is 3.47. The zero-order valence-corrected chi connectivity index (χ0v) is 30.8. The van der Waals surface area contributed by atoms with Gasteiger partial charge >= 0.3 is 10.3 Å². The smallest absolute Gasteiger partial charge is 0.362 e. The molecule has 0 aromatic carbocycles. The first-order chi connectivity index (χ1) is 21.0. The number of nitrogens with zero attached hydrogens (tertiary/aromatic N) is 4. The molecule has 0 spiro atoms. The number of pyridine rings is 1. The van der Waals surface area contributed by atoms with Crippen LogP contribution in [-0.2, 0) is 28.1 Å². The van der Waals surface area contributed by atoms with Gasteiger partial charge in [-0.25, -0.2) is 19.7 Å². The third-order valence-corrected chi connectivity index (χ3v) is 18.9. The number of nitrogen functional groups attached to an aromatic ring is 1. The highest BCUT2D eigenvalue weighted by Gasteiger charge is 2.55. The number of carbonyl (C=O) groups is 1. The molecule has 1 aliphatic rings. The summed E-state index contributed by atoms with van der Waals surface area (Å²) in [6, 6.07) is 2.60. The molecule has 4 rings (SSSR count). The third kappa shape index (κ3) is 7.42. The summed E-state index contributed by atoms with van der Waals surface area (Å²) >= 11 is 0. The Balaban J connectivity index is 1.74. The minimum Gasteiger partial charge on any atom is -0.408 e. The van der Waals surface area contributed by atoms with Crippen LogP contribution < -0.4 is 16.0 Å². The van der Waals surface area contributed by atoms with E-state index in [0.717, 1.165) is 0 Å². The van der Waals surface area contributed by atoms with Crippen molar-refractivity contribution < 1.29 is 31.0 Å². The van der Waals surface area contributed by atoms with Crippen LogP contribution in [0.4, 0.5) is 5.82 Å². The number of carbonyl (C=O) groups excluding carboxylic acids is 1. The van der Waals surface area contributed by atoms with Crippen LogP contribution >= 0.6 is 0 Å². The van der Waals surface area contributed by atoms with Crippen molar-refractivity contribution in [3.8, 4) is 0 Å². The Morgan fingerprint density at radius 3 is 2.24 bits per heavy atom. The zero-order valence-electron chi connectivity index (χ0n) is 27.9. The highest BCUT2D eigenvalue weighted by molar-refractivity contribution is 7.85. The number of hydrogen-bond acceptors (Lipinski definition) is 12. The standard InChI is InChI=1S/C28H45N7O8SSi2/c1-27(2,3)45(7,8)42-20-18(14-40-44(38,39)34-25(37)17-12-11-13-30-24(17)36)41-26(21(20)43-46(9,10)28(4,5)6)35-16-33-19-22(29)31-15-32-23(19)35/h11-13,15-16,18,20-21,26H,14H2,1-10H3,(H,30,36)(H,34,37)(H2,29,31,32)/t18-,20-,21-,26-/m1/s1. The Morgan fingerprint density at radius 1 is 1.04 bits per heavy atom. The van der Waals surface area contributed by atoms with Crippen molar-refractivity contribution in [2.75, 3.05) is 12.3 Å². The fraction of sp³-hybridized carbons (Fsp3) is 0.607. The number of aromatic nitrogens is 5. The van der Waals surface area contributed by atoms with Gasteiger partial charge in [0.1, 0.15) is 35.7 Å². The maximum Gasteiger partial charge on any atom is 0.362 e. The van der Waals surface area contributed by atoms with Crippen molar-refractivity contribution in [1.29, 1.82) is 0 Å². The van der Waals surface area contributed by atoms with Crippen molar-refractivity contribution >= 4 is 49.8 Å². The summed E-state index contributed by atoms with van der Waals surface area (Å²) in [7, 11) is -9.72. The minimum absolute atomic E-state index is 0.191. The van der Waals surface area contributed by atoms with E-state index in [1.165, 1.54) is 31.0 Å².